The summed E-state index contributed by atoms with van der Waals surface area (Å²) in [6.07, 6.45) is 0. The molecule has 0 saturated heterocycles. The van der Waals surface area contributed by atoms with Gasteiger partial charge in [-0.15, -0.1) is 12.6 Å². The van der Waals surface area contributed by atoms with E-state index in [-0.39, 0.29) is 0 Å². The van der Waals surface area contributed by atoms with E-state index < -0.39 is 0 Å². The predicted molar refractivity (Wildman–Crippen MR) is 65.5 cm³/mol. The first kappa shape index (κ1) is 10.1. The SMILES string of the molecule is Cc1cc(S)cc(-c2ccccc2)c1O. The van der Waals surface area contributed by atoms with Gasteiger partial charge >= 0.3 is 0 Å². The normalized spacial score (nSPS) is 10.3. The Kier molecular flexibility index (Phi) is 2.69. The topological polar surface area (TPSA) is 20.2 Å². The van der Waals surface area contributed by atoms with E-state index in [4.69, 9.17) is 0 Å². The van der Waals surface area contributed by atoms with E-state index in [1.54, 1.807) is 0 Å². The average Bonchev–Trinajstić information content (AvgIpc) is 2.24. The molecule has 0 aliphatic carbocycles. The zero-order valence-corrected chi connectivity index (χ0v) is 9.33. The van der Waals surface area contributed by atoms with E-state index in [1.807, 2.05) is 49.4 Å². The van der Waals surface area contributed by atoms with Crippen molar-refractivity contribution in [1.82, 2.24) is 0 Å². The third-order valence-electron chi connectivity index (χ3n) is 2.37. The molecule has 1 nitrogen and oxygen atoms in total. The molecule has 2 rings (SSSR count). The highest BCUT2D eigenvalue weighted by Gasteiger charge is 2.07. The van der Waals surface area contributed by atoms with Crippen LogP contribution in [0.5, 0.6) is 5.75 Å². The van der Waals surface area contributed by atoms with Crippen LogP contribution in [-0.4, -0.2) is 5.11 Å². The Morgan fingerprint density at radius 3 is 2.40 bits per heavy atom. The van der Waals surface area contributed by atoms with Crippen molar-refractivity contribution < 1.29 is 5.11 Å². The molecule has 0 radical (unpaired) electrons. The number of rotatable bonds is 1. The first-order chi connectivity index (χ1) is 7.18. The molecule has 0 bridgehead atoms. The average molecular weight is 216 g/mol. The van der Waals surface area contributed by atoms with E-state index in [9.17, 15) is 5.11 Å². The lowest BCUT2D eigenvalue weighted by Gasteiger charge is -2.08. The minimum Gasteiger partial charge on any atom is -0.507 e. The number of hydrogen-bond donors (Lipinski definition) is 2. The largest absolute Gasteiger partial charge is 0.507 e. The molecular formula is C13H12OS. The zero-order valence-electron chi connectivity index (χ0n) is 8.44. The highest BCUT2D eigenvalue weighted by Crippen LogP contribution is 2.33. The van der Waals surface area contributed by atoms with Crippen LogP contribution in [0.3, 0.4) is 0 Å². The Morgan fingerprint density at radius 1 is 1.07 bits per heavy atom. The molecule has 0 aromatic heterocycles. The van der Waals surface area contributed by atoms with Crippen molar-refractivity contribution in [3.8, 4) is 16.9 Å². The number of aromatic hydroxyl groups is 1. The number of benzene rings is 2. The van der Waals surface area contributed by atoms with E-state index in [0.717, 1.165) is 21.6 Å². The van der Waals surface area contributed by atoms with Gasteiger partial charge < -0.3 is 5.11 Å². The maximum atomic E-state index is 9.94. The van der Waals surface area contributed by atoms with Crippen molar-refractivity contribution in [3.05, 3.63) is 48.0 Å². The van der Waals surface area contributed by atoms with Crippen molar-refractivity contribution in [3.63, 3.8) is 0 Å². The molecule has 0 unspecified atom stereocenters. The van der Waals surface area contributed by atoms with Gasteiger partial charge in [-0.3, -0.25) is 0 Å². The standard InChI is InChI=1S/C13H12OS/c1-9-7-11(15)8-12(13(9)14)10-5-3-2-4-6-10/h2-8,14-15H,1H3. The second-order valence-electron chi connectivity index (χ2n) is 3.52. The number of phenols is 1. The number of phenolic OH excluding ortho intramolecular Hbond substituents is 1. The fraction of sp³-hybridized carbons (Fsp3) is 0.0769. The van der Waals surface area contributed by atoms with Gasteiger partial charge in [0.15, 0.2) is 0 Å². The molecule has 0 aliphatic rings. The number of thiol groups is 1. The Labute approximate surface area is 94.8 Å². The molecule has 15 heavy (non-hydrogen) atoms. The fourth-order valence-corrected chi connectivity index (χ4v) is 1.92. The molecule has 1 N–H and O–H groups in total. The number of hydrogen-bond acceptors (Lipinski definition) is 2. The Morgan fingerprint density at radius 2 is 1.73 bits per heavy atom. The van der Waals surface area contributed by atoms with E-state index >= 15 is 0 Å². The van der Waals surface area contributed by atoms with Crippen molar-refractivity contribution in [1.29, 1.82) is 0 Å². The summed E-state index contributed by atoms with van der Waals surface area (Å²) in [5, 5.41) is 9.94. The van der Waals surface area contributed by atoms with Crippen molar-refractivity contribution in [2.75, 3.05) is 0 Å². The van der Waals surface area contributed by atoms with E-state index in [1.165, 1.54) is 0 Å². The predicted octanol–water partition coefficient (Wildman–Crippen LogP) is 3.66. The highest BCUT2D eigenvalue weighted by molar-refractivity contribution is 7.80. The summed E-state index contributed by atoms with van der Waals surface area (Å²) in [4.78, 5) is 0.865. The molecule has 0 atom stereocenters. The fourth-order valence-electron chi connectivity index (χ4n) is 1.60. The zero-order chi connectivity index (χ0) is 10.8. The summed E-state index contributed by atoms with van der Waals surface area (Å²) < 4.78 is 0. The summed E-state index contributed by atoms with van der Waals surface area (Å²) >= 11 is 4.31. The summed E-state index contributed by atoms with van der Waals surface area (Å²) in [7, 11) is 0. The Hall–Kier alpha value is -1.41. The summed E-state index contributed by atoms with van der Waals surface area (Å²) in [5.74, 6) is 0.332. The van der Waals surface area contributed by atoms with Gasteiger partial charge in [0.05, 0.1) is 0 Å². The second-order valence-corrected chi connectivity index (χ2v) is 4.04. The van der Waals surface area contributed by atoms with Crippen LogP contribution in [0.15, 0.2) is 47.4 Å². The molecule has 0 fully saturated rings. The molecule has 0 saturated carbocycles. The second kappa shape index (κ2) is 3.99. The van der Waals surface area contributed by atoms with Crippen LogP contribution in [-0.2, 0) is 0 Å². The van der Waals surface area contributed by atoms with Gasteiger partial charge in [-0.05, 0) is 30.2 Å². The van der Waals surface area contributed by atoms with Crippen LogP contribution in [0, 0.1) is 6.92 Å². The molecule has 0 amide bonds. The molecule has 0 spiro atoms. The summed E-state index contributed by atoms with van der Waals surface area (Å²) in [6.45, 7) is 1.88. The minimum atomic E-state index is 0.332. The van der Waals surface area contributed by atoms with Crippen LogP contribution in [0.2, 0.25) is 0 Å². The lowest BCUT2D eigenvalue weighted by atomic mass is 10.0. The molecule has 0 heterocycles. The van der Waals surface area contributed by atoms with Crippen LogP contribution in [0.1, 0.15) is 5.56 Å². The van der Waals surface area contributed by atoms with Crippen LogP contribution in [0.25, 0.3) is 11.1 Å². The first-order valence-corrected chi connectivity index (χ1v) is 5.21. The van der Waals surface area contributed by atoms with Crippen LogP contribution < -0.4 is 0 Å². The highest BCUT2D eigenvalue weighted by atomic mass is 32.1. The molecule has 2 heteroatoms. The van der Waals surface area contributed by atoms with Gasteiger partial charge in [-0.25, -0.2) is 0 Å². The summed E-state index contributed by atoms with van der Waals surface area (Å²) in [5.41, 5.74) is 2.69. The minimum absolute atomic E-state index is 0.332. The van der Waals surface area contributed by atoms with Gasteiger partial charge in [-0.2, -0.15) is 0 Å². The van der Waals surface area contributed by atoms with E-state index in [2.05, 4.69) is 12.6 Å². The quantitative estimate of drug-likeness (QED) is 0.697. The van der Waals surface area contributed by atoms with Gasteiger partial charge in [0, 0.05) is 10.5 Å². The van der Waals surface area contributed by atoms with Gasteiger partial charge in [0.25, 0.3) is 0 Å². The molecular weight excluding hydrogens is 204 g/mol. The molecule has 2 aromatic rings. The Balaban J connectivity index is 2.63. The monoisotopic (exact) mass is 216 g/mol. The number of aryl methyl sites for hydroxylation is 1. The lowest BCUT2D eigenvalue weighted by molar-refractivity contribution is 0.472. The van der Waals surface area contributed by atoms with Crippen molar-refractivity contribution in [2.45, 2.75) is 11.8 Å². The van der Waals surface area contributed by atoms with Crippen molar-refractivity contribution in [2.24, 2.45) is 0 Å². The van der Waals surface area contributed by atoms with Gasteiger partial charge in [0.1, 0.15) is 5.75 Å². The maximum absolute atomic E-state index is 9.94. The third-order valence-corrected chi connectivity index (χ3v) is 2.63. The first-order valence-electron chi connectivity index (χ1n) is 4.76. The van der Waals surface area contributed by atoms with Gasteiger partial charge in [0.2, 0.25) is 0 Å². The lowest BCUT2D eigenvalue weighted by Crippen LogP contribution is -1.83. The van der Waals surface area contributed by atoms with Crippen molar-refractivity contribution >= 4 is 12.6 Å². The molecule has 0 aliphatic heterocycles. The molecule has 76 valence electrons. The summed E-state index contributed by atoms with van der Waals surface area (Å²) in [6, 6.07) is 13.5. The third kappa shape index (κ3) is 2.00. The van der Waals surface area contributed by atoms with Crippen LogP contribution >= 0.6 is 12.6 Å². The maximum Gasteiger partial charge on any atom is 0.126 e. The van der Waals surface area contributed by atoms with Crippen LogP contribution in [0.4, 0.5) is 0 Å². The smallest absolute Gasteiger partial charge is 0.126 e. The molecule has 2 aromatic carbocycles. The van der Waals surface area contributed by atoms with E-state index in [0.29, 0.717) is 5.75 Å². The Bertz CT molecular complexity index is 477. The van der Waals surface area contributed by atoms with Gasteiger partial charge in [-0.1, -0.05) is 30.3 Å².